The lowest BCUT2D eigenvalue weighted by atomic mass is 9.78. The molecule has 0 amide bonds. The molecule has 2 aliphatic rings. The fourth-order valence-electron chi connectivity index (χ4n) is 4.29. The Morgan fingerprint density at radius 1 is 1.10 bits per heavy atom. The molecule has 1 aliphatic heterocycles. The van der Waals surface area contributed by atoms with Gasteiger partial charge in [-0.1, -0.05) is 39.5 Å². The van der Waals surface area contributed by atoms with Gasteiger partial charge in [-0.15, -0.1) is 0 Å². The predicted octanol–water partition coefficient (Wildman–Crippen LogP) is 4.43. The van der Waals surface area contributed by atoms with Gasteiger partial charge in [0, 0.05) is 24.9 Å². The second kappa shape index (κ2) is 8.17. The molecule has 0 aromatic heterocycles. The van der Waals surface area contributed by atoms with Crippen LogP contribution < -0.4 is 0 Å². The van der Waals surface area contributed by atoms with E-state index in [1.807, 2.05) is 0 Å². The van der Waals surface area contributed by atoms with Gasteiger partial charge in [0.05, 0.1) is 0 Å². The van der Waals surface area contributed by atoms with Gasteiger partial charge in [-0.2, -0.15) is 0 Å². The molecule has 0 aromatic carbocycles. The van der Waals surface area contributed by atoms with E-state index in [-0.39, 0.29) is 0 Å². The number of carbonyl (C=O) groups is 1. The number of carbonyl (C=O) groups excluding carboxylic acids is 1. The van der Waals surface area contributed by atoms with Crippen molar-refractivity contribution >= 4 is 5.78 Å². The molecular weight excluding hydrogens is 246 g/mol. The van der Waals surface area contributed by atoms with Crippen LogP contribution in [0.1, 0.15) is 78.1 Å². The number of piperidine rings is 1. The quantitative estimate of drug-likeness (QED) is 0.717. The number of Topliss-reactive ketones (excluding diaryl/α,β-unsaturated/α-hetero) is 1. The first-order valence-corrected chi connectivity index (χ1v) is 9.01. The van der Waals surface area contributed by atoms with Crippen LogP contribution in [0.4, 0.5) is 0 Å². The molecule has 1 saturated heterocycles. The average Bonchev–Trinajstić information content (AvgIpc) is 2.45. The van der Waals surface area contributed by atoms with Crippen LogP contribution in [0.2, 0.25) is 0 Å². The Balaban J connectivity index is 1.90. The third-order valence-electron chi connectivity index (χ3n) is 5.39. The zero-order valence-electron chi connectivity index (χ0n) is 13.6. The van der Waals surface area contributed by atoms with Crippen molar-refractivity contribution in [2.24, 2.45) is 11.8 Å². The van der Waals surface area contributed by atoms with Gasteiger partial charge in [-0.25, -0.2) is 0 Å². The van der Waals surface area contributed by atoms with Crippen LogP contribution in [0.25, 0.3) is 0 Å². The summed E-state index contributed by atoms with van der Waals surface area (Å²) < 4.78 is 0. The van der Waals surface area contributed by atoms with Crippen LogP contribution in [0.15, 0.2) is 0 Å². The van der Waals surface area contributed by atoms with Crippen molar-refractivity contribution in [1.82, 2.24) is 4.90 Å². The van der Waals surface area contributed by atoms with Crippen molar-refractivity contribution in [2.75, 3.05) is 13.1 Å². The largest absolute Gasteiger partial charge is 0.300 e. The van der Waals surface area contributed by atoms with Gasteiger partial charge < -0.3 is 0 Å². The molecular formula is C18H33NO. The van der Waals surface area contributed by atoms with Gasteiger partial charge in [0.1, 0.15) is 5.78 Å². The van der Waals surface area contributed by atoms with Crippen molar-refractivity contribution < 1.29 is 4.79 Å². The third-order valence-corrected chi connectivity index (χ3v) is 5.39. The van der Waals surface area contributed by atoms with Gasteiger partial charge in [0.15, 0.2) is 0 Å². The van der Waals surface area contributed by atoms with Crippen LogP contribution in [0.5, 0.6) is 0 Å². The molecule has 116 valence electrons. The van der Waals surface area contributed by atoms with Crippen LogP contribution in [-0.4, -0.2) is 29.8 Å². The molecule has 0 radical (unpaired) electrons. The van der Waals surface area contributed by atoms with E-state index in [1.54, 1.807) is 0 Å². The summed E-state index contributed by atoms with van der Waals surface area (Å²) in [4.78, 5) is 14.9. The van der Waals surface area contributed by atoms with Gasteiger partial charge in [-0.3, -0.25) is 9.69 Å². The first kappa shape index (κ1) is 16.0. The van der Waals surface area contributed by atoms with Gasteiger partial charge in [0.25, 0.3) is 0 Å². The summed E-state index contributed by atoms with van der Waals surface area (Å²) in [6.45, 7) is 6.85. The molecule has 0 N–H and O–H groups in total. The monoisotopic (exact) mass is 279 g/mol. The number of hydrogen-bond donors (Lipinski definition) is 0. The molecule has 2 fully saturated rings. The molecule has 1 saturated carbocycles. The Labute approximate surface area is 125 Å². The number of likely N-dealkylation sites (tertiary alicyclic amines) is 1. The van der Waals surface area contributed by atoms with Gasteiger partial charge >= 0.3 is 0 Å². The van der Waals surface area contributed by atoms with E-state index in [4.69, 9.17) is 0 Å². The smallest absolute Gasteiger partial charge is 0.137 e. The number of nitrogens with zero attached hydrogens (tertiary/aromatic N) is 1. The average molecular weight is 279 g/mol. The highest BCUT2D eigenvalue weighted by atomic mass is 16.1. The third kappa shape index (κ3) is 4.31. The summed E-state index contributed by atoms with van der Waals surface area (Å²) in [5, 5.41) is 0. The Morgan fingerprint density at radius 3 is 2.65 bits per heavy atom. The van der Waals surface area contributed by atoms with E-state index in [9.17, 15) is 4.79 Å². The highest BCUT2D eigenvalue weighted by Gasteiger charge is 2.32. The van der Waals surface area contributed by atoms with Crippen molar-refractivity contribution in [3.63, 3.8) is 0 Å². The Hall–Kier alpha value is -0.370. The Bertz CT molecular complexity index is 300. The van der Waals surface area contributed by atoms with Gasteiger partial charge in [0.2, 0.25) is 0 Å². The lowest BCUT2D eigenvalue weighted by Gasteiger charge is -2.39. The van der Waals surface area contributed by atoms with Crippen LogP contribution in [0.3, 0.4) is 0 Å². The zero-order chi connectivity index (χ0) is 14.4. The van der Waals surface area contributed by atoms with Crippen LogP contribution in [0, 0.1) is 11.8 Å². The fraction of sp³-hybridized carbons (Fsp3) is 0.944. The normalized spacial score (nSPS) is 32.5. The molecule has 20 heavy (non-hydrogen) atoms. The number of rotatable bonds is 6. The second-order valence-corrected chi connectivity index (χ2v) is 7.03. The molecule has 2 heteroatoms. The molecule has 2 nitrogen and oxygen atoms in total. The lowest BCUT2D eigenvalue weighted by molar-refractivity contribution is -0.126. The predicted molar refractivity (Wildman–Crippen MR) is 84.9 cm³/mol. The lowest BCUT2D eigenvalue weighted by Crippen LogP contribution is -2.44. The summed E-state index contributed by atoms with van der Waals surface area (Å²) in [7, 11) is 0. The van der Waals surface area contributed by atoms with E-state index in [2.05, 4.69) is 18.7 Å². The maximum absolute atomic E-state index is 12.3. The summed E-state index contributed by atoms with van der Waals surface area (Å²) in [6, 6.07) is 0.758. The van der Waals surface area contributed by atoms with E-state index >= 15 is 0 Å². The topological polar surface area (TPSA) is 20.3 Å². The molecule has 0 aromatic rings. The van der Waals surface area contributed by atoms with E-state index in [0.29, 0.717) is 11.7 Å². The van der Waals surface area contributed by atoms with Crippen LogP contribution >= 0.6 is 0 Å². The van der Waals surface area contributed by atoms with E-state index in [0.717, 1.165) is 31.3 Å². The highest BCUT2D eigenvalue weighted by Crippen LogP contribution is 2.32. The summed E-state index contributed by atoms with van der Waals surface area (Å²) in [6.07, 6.45) is 12.4. The molecule has 1 aliphatic carbocycles. The SMILES string of the molecule is CCCC1CCC(=O)C(CN2CCCCC2CCC)C1. The van der Waals surface area contributed by atoms with Crippen molar-refractivity contribution in [3.8, 4) is 0 Å². The fourth-order valence-corrected chi connectivity index (χ4v) is 4.29. The first-order valence-electron chi connectivity index (χ1n) is 9.01. The minimum Gasteiger partial charge on any atom is -0.300 e. The van der Waals surface area contributed by atoms with Crippen molar-refractivity contribution in [2.45, 2.75) is 84.1 Å². The zero-order valence-corrected chi connectivity index (χ0v) is 13.6. The Kier molecular flexibility index (Phi) is 6.54. The number of ketones is 1. The Morgan fingerprint density at radius 2 is 1.90 bits per heavy atom. The molecule has 1 heterocycles. The van der Waals surface area contributed by atoms with E-state index in [1.165, 1.54) is 57.9 Å². The van der Waals surface area contributed by atoms with Crippen molar-refractivity contribution in [3.05, 3.63) is 0 Å². The first-order chi connectivity index (χ1) is 9.74. The minimum atomic E-state index is 0.345. The number of hydrogen-bond acceptors (Lipinski definition) is 2. The van der Waals surface area contributed by atoms with E-state index < -0.39 is 0 Å². The molecule has 3 atom stereocenters. The van der Waals surface area contributed by atoms with Gasteiger partial charge in [-0.05, 0) is 44.6 Å². The highest BCUT2D eigenvalue weighted by molar-refractivity contribution is 5.82. The summed E-state index contributed by atoms with van der Waals surface area (Å²) >= 11 is 0. The summed E-state index contributed by atoms with van der Waals surface area (Å²) in [5.41, 5.74) is 0. The molecule has 2 rings (SSSR count). The standard InChI is InChI=1S/C18H33NO/c1-3-7-15-10-11-18(20)16(13-15)14-19-12-6-5-9-17(19)8-4-2/h15-17H,3-14H2,1-2H3. The molecule has 0 spiro atoms. The minimum absolute atomic E-state index is 0.345. The molecule has 0 bridgehead atoms. The summed E-state index contributed by atoms with van der Waals surface area (Å²) in [5.74, 6) is 1.72. The maximum Gasteiger partial charge on any atom is 0.137 e. The van der Waals surface area contributed by atoms with Crippen LogP contribution in [-0.2, 0) is 4.79 Å². The van der Waals surface area contributed by atoms with Crippen molar-refractivity contribution in [1.29, 1.82) is 0 Å². The maximum atomic E-state index is 12.3. The molecule has 3 unspecified atom stereocenters. The second-order valence-electron chi connectivity index (χ2n) is 7.03.